The van der Waals surface area contributed by atoms with Gasteiger partial charge in [0.15, 0.2) is 0 Å². The van der Waals surface area contributed by atoms with E-state index in [2.05, 4.69) is 10.2 Å². The molecule has 2 aromatic rings. The molecule has 0 bridgehead atoms. The Bertz CT molecular complexity index is 771. The quantitative estimate of drug-likeness (QED) is 0.802. The number of anilines is 2. The number of hydrogen-bond acceptors (Lipinski definition) is 4. The van der Waals surface area contributed by atoms with Gasteiger partial charge in [-0.1, -0.05) is 18.2 Å². The second kappa shape index (κ2) is 8.38. The van der Waals surface area contributed by atoms with Gasteiger partial charge in [0.05, 0.1) is 24.4 Å². The Morgan fingerprint density at radius 3 is 2.50 bits per heavy atom. The van der Waals surface area contributed by atoms with Gasteiger partial charge in [-0.2, -0.15) is 0 Å². The molecule has 1 aliphatic rings. The molecule has 1 aliphatic heterocycles. The molecule has 26 heavy (non-hydrogen) atoms. The lowest BCUT2D eigenvalue weighted by Gasteiger charge is -2.22. The zero-order valence-corrected chi connectivity index (χ0v) is 14.6. The highest BCUT2D eigenvalue weighted by Gasteiger charge is 2.18. The molecule has 1 fully saturated rings. The molecule has 3 N–H and O–H groups in total. The summed E-state index contributed by atoms with van der Waals surface area (Å²) in [6, 6.07) is 14.6. The molecule has 2 amide bonds. The maximum absolute atomic E-state index is 12.3. The summed E-state index contributed by atoms with van der Waals surface area (Å²) in [5, 5.41) is 2.90. The Morgan fingerprint density at radius 1 is 1.08 bits per heavy atom. The summed E-state index contributed by atoms with van der Waals surface area (Å²) in [6.07, 6.45) is 2.46. The number of rotatable bonds is 7. The lowest BCUT2D eigenvalue weighted by Crippen LogP contribution is -2.22. The Labute approximate surface area is 152 Å². The first-order valence-electron chi connectivity index (χ1n) is 8.80. The number of nitrogens with two attached hydrogens (primary N) is 1. The number of benzene rings is 2. The molecule has 1 saturated heterocycles. The van der Waals surface area contributed by atoms with Crippen molar-refractivity contribution in [3.63, 3.8) is 0 Å². The summed E-state index contributed by atoms with van der Waals surface area (Å²) >= 11 is 0. The molecular formula is C20H23N3O3. The van der Waals surface area contributed by atoms with Crippen molar-refractivity contribution < 1.29 is 14.3 Å². The molecular weight excluding hydrogens is 330 g/mol. The van der Waals surface area contributed by atoms with Crippen LogP contribution in [0.3, 0.4) is 0 Å². The van der Waals surface area contributed by atoms with E-state index in [4.69, 9.17) is 10.5 Å². The SMILES string of the molecule is NC(=O)c1ccc(N2CCCC2)c(NC(=O)CCOc2ccccc2)c1. The van der Waals surface area contributed by atoms with Crippen LogP contribution < -0.4 is 20.7 Å². The van der Waals surface area contributed by atoms with Gasteiger partial charge in [-0.05, 0) is 43.2 Å². The number of nitrogens with zero attached hydrogens (tertiary/aromatic N) is 1. The first kappa shape index (κ1) is 17.8. The van der Waals surface area contributed by atoms with Gasteiger partial charge in [-0.25, -0.2) is 0 Å². The largest absolute Gasteiger partial charge is 0.493 e. The van der Waals surface area contributed by atoms with Crippen molar-refractivity contribution in [1.82, 2.24) is 0 Å². The second-order valence-electron chi connectivity index (χ2n) is 6.25. The Kier molecular flexibility index (Phi) is 5.73. The maximum Gasteiger partial charge on any atom is 0.248 e. The van der Waals surface area contributed by atoms with Gasteiger partial charge in [0.1, 0.15) is 5.75 Å². The first-order valence-corrected chi connectivity index (χ1v) is 8.80. The van der Waals surface area contributed by atoms with Gasteiger partial charge in [0.2, 0.25) is 11.8 Å². The minimum atomic E-state index is -0.513. The van der Waals surface area contributed by atoms with E-state index in [0.29, 0.717) is 11.3 Å². The predicted molar refractivity (Wildman–Crippen MR) is 102 cm³/mol. The smallest absolute Gasteiger partial charge is 0.248 e. The van der Waals surface area contributed by atoms with Crippen LogP contribution >= 0.6 is 0 Å². The Hall–Kier alpha value is -3.02. The molecule has 136 valence electrons. The Balaban J connectivity index is 1.65. The number of ether oxygens (including phenoxy) is 1. The number of hydrogen-bond donors (Lipinski definition) is 2. The predicted octanol–water partition coefficient (Wildman–Crippen LogP) is 2.79. The summed E-state index contributed by atoms with van der Waals surface area (Å²) in [5.41, 5.74) is 7.29. The molecule has 1 heterocycles. The van der Waals surface area contributed by atoms with Gasteiger partial charge in [0, 0.05) is 18.7 Å². The third-order valence-corrected chi connectivity index (χ3v) is 4.34. The van der Waals surface area contributed by atoms with E-state index >= 15 is 0 Å². The minimum absolute atomic E-state index is 0.164. The average molecular weight is 353 g/mol. The van der Waals surface area contributed by atoms with E-state index in [1.807, 2.05) is 36.4 Å². The van der Waals surface area contributed by atoms with E-state index in [0.717, 1.165) is 37.4 Å². The first-order chi connectivity index (χ1) is 12.6. The second-order valence-corrected chi connectivity index (χ2v) is 6.25. The van der Waals surface area contributed by atoms with Gasteiger partial charge in [-0.3, -0.25) is 9.59 Å². The van der Waals surface area contributed by atoms with Crippen molar-refractivity contribution in [1.29, 1.82) is 0 Å². The van der Waals surface area contributed by atoms with Crippen LogP contribution in [0.25, 0.3) is 0 Å². The van der Waals surface area contributed by atoms with E-state index in [1.54, 1.807) is 12.1 Å². The molecule has 2 aromatic carbocycles. The third-order valence-electron chi connectivity index (χ3n) is 4.34. The van der Waals surface area contributed by atoms with Gasteiger partial charge >= 0.3 is 0 Å². The Morgan fingerprint density at radius 2 is 1.81 bits per heavy atom. The summed E-state index contributed by atoms with van der Waals surface area (Å²) in [6.45, 7) is 2.16. The summed E-state index contributed by atoms with van der Waals surface area (Å²) in [4.78, 5) is 26.0. The third kappa shape index (κ3) is 4.53. The summed E-state index contributed by atoms with van der Waals surface area (Å²) in [7, 11) is 0. The molecule has 0 radical (unpaired) electrons. The van der Waals surface area contributed by atoms with Crippen LogP contribution in [0.5, 0.6) is 5.75 Å². The molecule has 6 nitrogen and oxygen atoms in total. The zero-order valence-electron chi connectivity index (χ0n) is 14.6. The summed E-state index contributed by atoms with van der Waals surface area (Å²) < 4.78 is 5.56. The number of para-hydroxylation sites is 1. The average Bonchev–Trinajstić information content (AvgIpc) is 3.17. The molecule has 6 heteroatoms. The van der Waals surface area contributed by atoms with Crippen molar-refractivity contribution in [3.8, 4) is 5.75 Å². The molecule has 0 unspecified atom stereocenters. The minimum Gasteiger partial charge on any atom is -0.493 e. The molecule has 0 atom stereocenters. The van der Waals surface area contributed by atoms with Crippen LogP contribution in [0.15, 0.2) is 48.5 Å². The molecule has 0 aromatic heterocycles. The standard InChI is InChI=1S/C20H23N3O3/c21-20(25)15-8-9-18(23-11-4-5-12-23)17(14-15)22-19(24)10-13-26-16-6-2-1-3-7-16/h1-3,6-9,14H,4-5,10-13H2,(H2,21,25)(H,22,24). The van der Waals surface area contributed by atoms with E-state index < -0.39 is 5.91 Å². The zero-order chi connectivity index (χ0) is 18.4. The fourth-order valence-electron chi connectivity index (χ4n) is 3.01. The summed E-state index contributed by atoms with van der Waals surface area (Å²) in [5.74, 6) is 0.0534. The van der Waals surface area contributed by atoms with Crippen molar-refractivity contribution in [2.75, 3.05) is 29.9 Å². The van der Waals surface area contributed by atoms with Crippen LogP contribution in [0.4, 0.5) is 11.4 Å². The van der Waals surface area contributed by atoms with Crippen molar-refractivity contribution in [2.24, 2.45) is 5.73 Å². The molecule has 0 saturated carbocycles. The highest BCUT2D eigenvalue weighted by molar-refractivity contribution is 5.99. The molecule has 0 aliphatic carbocycles. The number of carbonyl (C=O) groups excluding carboxylic acids is 2. The van der Waals surface area contributed by atoms with Gasteiger partial charge in [-0.15, -0.1) is 0 Å². The number of amides is 2. The van der Waals surface area contributed by atoms with Crippen LogP contribution in [0, 0.1) is 0 Å². The lowest BCUT2D eigenvalue weighted by atomic mass is 10.1. The highest BCUT2D eigenvalue weighted by Crippen LogP contribution is 2.30. The molecule has 0 spiro atoms. The monoisotopic (exact) mass is 353 g/mol. The van der Waals surface area contributed by atoms with Crippen LogP contribution in [-0.2, 0) is 4.79 Å². The number of primary amides is 1. The van der Waals surface area contributed by atoms with Crippen molar-refractivity contribution in [2.45, 2.75) is 19.3 Å². The normalized spacial score (nSPS) is 13.5. The highest BCUT2D eigenvalue weighted by atomic mass is 16.5. The molecule has 3 rings (SSSR count). The van der Waals surface area contributed by atoms with Crippen LogP contribution in [-0.4, -0.2) is 31.5 Å². The lowest BCUT2D eigenvalue weighted by molar-refractivity contribution is -0.116. The fourth-order valence-corrected chi connectivity index (χ4v) is 3.01. The van der Waals surface area contributed by atoms with E-state index in [1.165, 1.54) is 0 Å². The van der Waals surface area contributed by atoms with Crippen LogP contribution in [0.1, 0.15) is 29.6 Å². The topological polar surface area (TPSA) is 84.7 Å². The number of nitrogens with one attached hydrogen (secondary N) is 1. The van der Waals surface area contributed by atoms with Crippen molar-refractivity contribution >= 4 is 23.2 Å². The van der Waals surface area contributed by atoms with Gasteiger partial charge < -0.3 is 20.7 Å². The van der Waals surface area contributed by atoms with Gasteiger partial charge in [0.25, 0.3) is 0 Å². The van der Waals surface area contributed by atoms with Crippen molar-refractivity contribution in [3.05, 3.63) is 54.1 Å². The maximum atomic E-state index is 12.3. The number of carbonyl (C=O) groups is 2. The fraction of sp³-hybridized carbons (Fsp3) is 0.300. The van der Waals surface area contributed by atoms with E-state index in [-0.39, 0.29) is 18.9 Å². The van der Waals surface area contributed by atoms with Crippen LogP contribution in [0.2, 0.25) is 0 Å². The van der Waals surface area contributed by atoms with E-state index in [9.17, 15) is 9.59 Å².